The minimum atomic E-state index is -4.15. The van der Waals surface area contributed by atoms with Gasteiger partial charge in [0.15, 0.2) is 0 Å². The summed E-state index contributed by atoms with van der Waals surface area (Å²) in [6, 6.07) is 30.6. The number of anilines is 1. The number of nitrogens with one attached hydrogen (secondary N) is 1. The van der Waals surface area contributed by atoms with Crippen molar-refractivity contribution < 1.29 is 18.0 Å². The van der Waals surface area contributed by atoms with Gasteiger partial charge in [0.05, 0.1) is 10.6 Å². The highest BCUT2D eigenvalue weighted by molar-refractivity contribution is 7.92. The zero-order valence-corrected chi connectivity index (χ0v) is 28.4. The molecule has 1 aliphatic rings. The molecule has 0 spiro atoms. The molecule has 0 bridgehead atoms. The Bertz CT molecular complexity index is 1730. The predicted octanol–water partition coefficient (Wildman–Crippen LogP) is 6.90. The molecule has 1 atom stereocenters. The maximum absolute atomic E-state index is 14.7. The fourth-order valence-electron chi connectivity index (χ4n) is 6.34. The Balaban J connectivity index is 1.57. The monoisotopic (exact) mass is 651 g/mol. The first-order valence-corrected chi connectivity index (χ1v) is 17.9. The van der Waals surface area contributed by atoms with Crippen LogP contribution in [-0.4, -0.2) is 43.8 Å². The second kappa shape index (κ2) is 15.4. The summed E-state index contributed by atoms with van der Waals surface area (Å²) in [5, 5.41) is 3.26. The molecule has 0 aliphatic heterocycles. The fraction of sp³-hybridized carbons (Fsp3) is 0.333. The molecule has 5 rings (SSSR count). The molecule has 0 unspecified atom stereocenters. The first kappa shape index (κ1) is 33.9. The van der Waals surface area contributed by atoms with Gasteiger partial charge in [0.25, 0.3) is 10.0 Å². The average molecular weight is 652 g/mol. The van der Waals surface area contributed by atoms with Gasteiger partial charge in [-0.2, -0.15) is 0 Å². The number of carbonyl (C=O) groups is 2. The van der Waals surface area contributed by atoms with E-state index in [0.29, 0.717) is 12.1 Å². The minimum Gasteiger partial charge on any atom is -0.352 e. The molecular formula is C39H45N3O4S. The van der Waals surface area contributed by atoms with E-state index in [4.69, 9.17) is 0 Å². The van der Waals surface area contributed by atoms with Crippen molar-refractivity contribution in [3.05, 3.63) is 131 Å². The molecule has 2 amide bonds. The Hall–Kier alpha value is -4.43. The lowest BCUT2D eigenvalue weighted by atomic mass is 9.94. The molecule has 0 heterocycles. The lowest BCUT2D eigenvalue weighted by Gasteiger charge is -2.35. The third kappa shape index (κ3) is 8.89. The molecule has 1 fully saturated rings. The summed E-state index contributed by atoms with van der Waals surface area (Å²) < 4.78 is 29.8. The molecule has 0 aromatic heterocycles. The molecule has 0 saturated heterocycles. The Morgan fingerprint density at radius 2 is 1.32 bits per heavy atom. The lowest BCUT2D eigenvalue weighted by Crippen LogP contribution is -2.55. The van der Waals surface area contributed by atoms with Crippen LogP contribution in [0.5, 0.6) is 0 Å². The number of nitrogens with zero attached hydrogens (tertiary/aromatic N) is 2. The van der Waals surface area contributed by atoms with Crippen molar-refractivity contribution >= 4 is 27.5 Å². The highest BCUT2D eigenvalue weighted by atomic mass is 32.2. The SMILES string of the molecule is Cc1ccc(S(=O)(=O)N(CC(=O)N(Cc2ccccc2)[C@@H](Cc2ccccc2)C(=O)NC2CCCCC2)c2cc(C)cc(C)c2)cc1. The first-order chi connectivity index (χ1) is 22.6. The summed E-state index contributed by atoms with van der Waals surface area (Å²) >= 11 is 0. The van der Waals surface area contributed by atoms with E-state index in [2.05, 4.69) is 5.32 Å². The molecule has 4 aromatic rings. The molecule has 1 N–H and O–H groups in total. The van der Waals surface area contributed by atoms with Crippen LogP contribution in [0.25, 0.3) is 0 Å². The number of rotatable bonds is 12. The zero-order chi connectivity index (χ0) is 33.4. The number of hydrogen-bond donors (Lipinski definition) is 1. The molecule has 0 radical (unpaired) electrons. The summed E-state index contributed by atoms with van der Waals surface area (Å²) in [5.41, 5.74) is 4.87. The van der Waals surface area contributed by atoms with Gasteiger partial charge in [0, 0.05) is 19.0 Å². The summed E-state index contributed by atoms with van der Waals surface area (Å²) in [6.07, 6.45) is 5.39. The smallest absolute Gasteiger partial charge is 0.264 e. The van der Waals surface area contributed by atoms with Crippen molar-refractivity contribution in [3.63, 3.8) is 0 Å². The van der Waals surface area contributed by atoms with E-state index < -0.39 is 28.5 Å². The zero-order valence-electron chi connectivity index (χ0n) is 27.6. The van der Waals surface area contributed by atoms with Crippen molar-refractivity contribution in [1.82, 2.24) is 10.2 Å². The summed E-state index contributed by atoms with van der Waals surface area (Å²) in [7, 11) is -4.15. The molecule has 246 valence electrons. The second-order valence-corrected chi connectivity index (χ2v) is 14.6. The summed E-state index contributed by atoms with van der Waals surface area (Å²) in [4.78, 5) is 30.6. The maximum atomic E-state index is 14.7. The number of sulfonamides is 1. The number of aryl methyl sites for hydroxylation is 3. The van der Waals surface area contributed by atoms with Crippen LogP contribution in [0, 0.1) is 20.8 Å². The molecule has 8 heteroatoms. The van der Waals surface area contributed by atoms with E-state index in [1.807, 2.05) is 87.5 Å². The fourth-order valence-corrected chi connectivity index (χ4v) is 7.74. The van der Waals surface area contributed by atoms with Crippen molar-refractivity contribution in [1.29, 1.82) is 0 Å². The van der Waals surface area contributed by atoms with Gasteiger partial charge in [-0.25, -0.2) is 8.42 Å². The van der Waals surface area contributed by atoms with Gasteiger partial charge in [-0.05, 0) is 80.1 Å². The van der Waals surface area contributed by atoms with Gasteiger partial charge in [-0.3, -0.25) is 13.9 Å². The Morgan fingerprint density at radius 1 is 0.745 bits per heavy atom. The van der Waals surface area contributed by atoms with E-state index in [1.54, 1.807) is 41.3 Å². The molecule has 7 nitrogen and oxygen atoms in total. The van der Waals surface area contributed by atoms with Gasteiger partial charge in [0.2, 0.25) is 11.8 Å². The number of benzene rings is 4. The quantitative estimate of drug-likeness (QED) is 0.181. The van der Waals surface area contributed by atoms with Gasteiger partial charge in [-0.15, -0.1) is 0 Å². The van der Waals surface area contributed by atoms with E-state index >= 15 is 0 Å². The topological polar surface area (TPSA) is 86.8 Å². The highest BCUT2D eigenvalue weighted by Crippen LogP contribution is 2.27. The van der Waals surface area contributed by atoms with Crippen LogP contribution >= 0.6 is 0 Å². The number of amides is 2. The van der Waals surface area contributed by atoms with Crippen molar-refractivity contribution in [3.8, 4) is 0 Å². The molecular weight excluding hydrogens is 607 g/mol. The van der Waals surface area contributed by atoms with Gasteiger partial charge >= 0.3 is 0 Å². The van der Waals surface area contributed by atoms with Crippen molar-refractivity contribution in [2.75, 3.05) is 10.8 Å². The minimum absolute atomic E-state index is 0.0527. The van der Waals surface area contributed by atoms with Gasteiger partial charge in [-0.1, -0.05) is 104 Å². The van der Waals surface area contributed by atoms with Crippen LogP contribution in [0.15, 0.2) is 108 Å². The van der Waals surface area contributed by atoms with Crippen LogP contribution < -0.4 is 9.62 Å². The number of carbonyl (C=O) groups excluding carboxylic acids is 2. The van der Waals surface area contributed by atoms with E-state index in [-0.39, 0.29) is 23.4 Å². The molecule has 1 saturated carbocycles. The normalized spacial score (nSPS) is 14.3. The number of hydrogen-bond acceptors (Lipinski definition) is 4. The third-order valence-corrected chi connectivity index (χ3v) is 10.6. The lowest BCUT2D eigenvalue weighted by molar-refractivity contribution is -0.140. The second-order valence-electron chi connectivity index (χ2n) is 12.7. The third-order valence-electron chi connectivity index (χ3n) is 8.80. The molecule has 47 heavy (non-hydrogen) atoms. The Labute approximate surface area is 279 Å². The van der Waals surface area contributed by atoms with Gasteiger partial charge in [0.1, 0.15) is 12.6 Å². The predicted molar refractivity (Wildman–Crippen MR) is 188 cm³/mol. The van der Waals surface area contributed by atoms with Gasteiger partial charge < -0.3 is 10.2 Å². The molecule has 1 aliphatic carbocycles. The molecule has 4 aromatic carbocycles. The first-order valence-electron chi connectivity index (χ1n) is 16.5. The summed E-state index contributed by atoms with van der Waals surface area (Å²) in [5.74, 6) is -0.673. The standard InChI is InChI=1S/C39H45N3O4S/c1-29-19-21-36(22-20-29)47(45,46)42(35-24-30(2)23-31(3)25-35)28-38(43)41(27-33-15-9-5-10-16-33)37(26-32-13-7-4-8-14-32)39(44)40-34-17-11-6-12-18-34/h4-5,7-10,13-16,19-25,34,37H,6,11-12,17-18,26-28H2,1-3H3,(H,40,44)/t37-/m0/s1. The summed E-state index contributed by atoms with van der Waals surface area (Å²) in [6.45, 7) is 5.40. The van der Waals surface area contributed by atoms with E-state index in [1.165, 1.54) is 4.31 Å². The van der Waals surface area contributed by atoms with E-state index in [9.17, 15) is 18.0 Å². The largest absolute Gasteiger partial charge is 0.352 e. The highest BCUT2D eigenvalue weighted by Gasteiger charge is 2.35. The van der Waals surface area contributed by atoms with Crippen LogP contribution in [0.4, 0.5) is 5.69 Å². The Kier molecular flexibility index (Phi) is 11.1. The van der Waals surface area contributed by atoms with Crippen molar-refractivity contribution in [2.24, 2.45) is 0 Å². The van der Waals surface area contributed by atoms with Crippen LogP contribution in [0.2, 0.25) is 0 Å². The van der Waals surface area contributed by atoms with E-state index in [0.717, 1.165) is 59.9 Å². The Morgan fingerprint density at radius 3 is 1.91 bits per heavy atom. The van der Waals surface area contributed by atoms with Crippen LogP contribution in [0.1, 0.15) is 59.9 Å². The maximum Gasteiger partial charge on any atom is 0.264 e. The van der Waals surface area contributed by atoms with Crippen LogP contribution in [-0.2, 0) is 32.6 Å². The van der Waals surface area contributed by atoms with Crippen molar-refractivity contribution in [2.45, 2.75) is 82.8 Å². The average Bonchev–Trinajstić information content (AvgIpc) is 3.06. The van der Waals surface area contributed by atoms with Crippen LogP contribution in [0.3, 0.4) is 0 Å².